The number of nitrogens with one attached hydrogen (secondary N) is 1. The van der Waals surface area contributed by atoms with Crippen LogP contribution in [0.2, 0.25) is 0 Å². The van der Waals surface area contributed by atoms with Crippen molar-refractivity contribution in [1.29, 1.82) is 0 Å². The lowest BCUT2D eigenvalue weighted by atomic mass is 9.82. The lowest BCUT2D eigenvalue weighted by Crippen LogP contribution is -2.60. The zero-order valence-corrected chi connectivity index (χ0v) is 13.3. The first kappa shape index (κ1) is 15.3. The van der Waals surface area contributed by atoms with Crippen LogP contribution in [0.1, 0.15) is 72.1 Å². The Kier molecular flexibility index (Phi) is 6.15. The summed E-state index contributed by atoms with van der Waals surface area (Å²) in [6.07, 6.45) is 11.3. The molecule has 0 spiro atoms. The van der Waals surface area contributed by atoms with E-state index < -0.39 is 0 Å². The van der Waals surface area contributed by atoms with E-state index in [1.807, 2.05) is 0 Å². The van der Waals surface area contributed by atoms with Gasteiger partial charge < -0.3 is 5.32 Å². The van der Waals surface area contributed by atoms with E-state index in [1.165, 1.54) is 64.5 Å². The maximum Gasteiger partial charge on any atom is 0.0224 e. The van der Waals surface area contributed by atoms with Crippen LogP contribution in [0.25, 0.3) is 0 Å². The molecule has 1 heterocycles. The van der Waals surface area contributed by atoms with Gasteiger partial charge in [-0.2, -0.15) is 0 Å². The van der Waals surface area contributed by atoms with Crippen molar-refractivity contribution < 1.29 is 0 Å². The fraction of sp³-hybridized carbons (Fsp3) is 1.00. The van der Waals surface area contributed by atoms with E-state index >= 15 is 0 Å². The van der Waals surface area contributed by atoms with Crippen LogP contribution >= 0.6 is 0 Å². The predicted octanol–water partition coefficient (Wildman–Crippen LogP) is 3.81. The van der Waals surface area contributed by atoms with Gasteiger partial charge in [-0.1, -0.05) is 39.5 Å². The molecule has 0 bridgehead atoms. The molecule has 2 fully saturated rings. The van der Waals surface area contributed by atoms with Crippen molar-refractivity contribution in [1.82, 2.24) is 10.2 Å². The largest absolute Gasteiger partial charge is 0.311 e. The fourth-order valence-corrected chi connectivity index (χ4v) is 4.21. The third-order valence-corrected chi connectivity index (χ3v) is 5.43. The molecule has 0 aromatic heterocycles. The molecule has 3 atom stereocenters. The van der Waals surface area contributed by atoms with Gasteiger partial charge in [0.25, 0.3) is 0 Å². The van der Waals surface area contributed by atoms with Gasteiger partial charge in [-0.15, -0.1) is 0 Å². The van der Waals surface area contributed by atoms with Gasteiger partial charge in [0.2, 0.25) is 0 Å². The molecule has 112 valence electrons. The number of piperazine rings is 1. The Bertz CT molecular complexity index is 248. The average molecular weight is 266 g/mol. The van der Waals surface area contributed by atoms with Crippen molar-refractivity contribution >= 4 is 0 Å². The molecule has 1 N–H and O–H groups in total. The predicted molar refractivity (Wildman–Crippen MR) is 83.5 cm³/mol. The van der Waals surface area contributed by atoms with Gasteiger partial charge >= 0.3 is 0 Å². The van der Waals surface area contributed by atoms with Crippen molar-refractivity contribution in [3.05, 3.63) is 0 Å². The van der Waals surface area contributed by atoms with Crippen LogP contribution in [0.5, 0.6) is 0 Å². The lowest BCUT2D eigenvalue weighted by molar-refractivity contribution is 0.0599. The molecule has 1 saturated carbocycles. The molecule has 1 saturated heterocycles. The molecule has 3 unspecified atom stereocenters. The summed E-state index contributed by atoms with van der Waals surface area (Å²) in [7, 11) is 0. The smallest absolute Gasteiger partial charge is 0.0224 e. The van der Waals surface area contributed by atoms with Crippen molar-refractivity contribution in [3.63, 3.8) is 0 Å². The summed E-state index contributed by atoms with van der Waals surface area (Å²) in [5.41, 5.74) is 0. The second-order valence-corrected chi connectivity index (χ2v) is 6.81. The molecule has 0 radical (unpaired) electrons. The molecule has 0 aromatic carbocycles. The van der Waals surface area contributed by atoms with E-state index in [0.29, 0.717) is 0 Å². The molecule has 2 rings (SSSR count). The van der Waals surface area contributed by atoms with Crippen LogP contribution in [0, 0.1) is 5.92 Å². The summed E-state index contributed by atoms with van der Waals surface area (Å²) in [6.45, 7) is 9.59. The molecular formula is C17H34N2. The van der Waals surface area contributed by atoms with E-state index in [2.05, 4.69) is 31.0 Å². The maximum absolute atomic E-state index is 3.85. The molecular weight excluding hydrogens is 232 g/mol. The van der Waals surface area contributed by atoms with Crippen LogP contribution in [0.4, 0.5) is 0 Å². The van der Waals surface area contributed by atoms with E-state index in [0.717, 1.165) is 24.0 Å². The van der Waals surface area contributed by atoms with E-state index in [9.17, 15) is 0 Å². The van der Waals surface area contributed by atoms with E-state index in [1.54, 1.807) is 0 Å². The maximum atomic E-state index is 3.85. The summed E-state index contributed by atoms with van der Waals surface area (Å²) in [6, 6.07) is 2.30. The zero-order valence-electron chi connectivity index (χ0n) is 13.3. The zero-order chi connectivity index (χ0) is 13.7. The second kappa shape index (κ2) is 7.64. The highest BCUT2D eigenvalue weighted by Crippen LogP contribution is 2.29. The van der Waals surface area contributed by atoms with Gasteiger partial charge in [-0.25, -0.2) is 0 Å². The molecule has 1 aliphatic heterocycles. The van der Waals surface area contributed by atoms with Crippen LogP contribution in [-0.4, -0.2) is 36.1 Å². The second-order valence-electron chi connectivity index (χ2n) is 6.81. The highest BCUT2D eigenvalue weighted by Gasteiger charge is 2.33. The Hall–Kier alpha value is -0.0800. The molecule has 19 heavy (non-hydrogen) atoms. The van der Waals surface area contributed by atoms with Crippen LogP contribution in [-0.2, 0) is 0 Å². The lowest BCUT2D eigenvalue weighted by Gasteiger charge is -2.46. The minimum absolute atomic E-state index is 0.719. The van der Waals surface area contributed by atoms with Crippen molar-refractivity contribution in [3.8, 4) is 0 Å². The quantitative estimate of drug-likeness (QED) is 0.814. The standard InChI is InChI=1S/C17H34N2/c1-4-9-16(5-2)19-13-17(18-12-14(19)3)15-10-7-6-8-11-15/h14-18H,4-13H2,1-3H3. The van der Waals surface area contributed by atoms with Crippen LogP contribution in [0.15, 0.2) is 0 Å². The van der Waals surface area contributed by atoms with Crippen molar-refractivity contribution in [2.45, 2.75) is 90.3 Å². The first-order chi connectivity index (χ1) is 9.26. The highest BCUT2D eigenvalue weighted by atomic mass is 15.3. The Balaban J connectivity index is 1.94. The number of hydrogen-bond donors (Lipinski definition) is 1. The molecule has 2 heteroatoms. The van der Waals surface area contributed by atoms with Gasteiger partial charge in [0.1, 0.15) is 0 Å². The molecule has 1 aliphatic carbocycles. The van der Waals surface area contributed by atoms with E-state index in [-0.39, 0.29) is 0 Å². The summed E-state index contributed by atoms with van der Waals surface area (Å²) in [5.74, 6) is 0.947. The van der Waals surface area contributed by atoms with Gasteiger partial charge in [0.15, 0.2) is 0 Å². The average Bonchev–Trinajstić information content (AvgIpc) is 2.46. The third kappa shape index (κ3) is 3.95. The fourth-order valence-electron chi connectivity index (χ4n) is 4.21. The van der Waals surface area contributed by atoms with E-state index in [4.69, 9.17) is 0 Å². The summed E-state index contributed by atoms with van der Waals surface area (Å²) in [5, 5.41) is 3.85. The number of hydrogen-bond acceptors (Lipinski definition) is 2. The topological polar surface area (TPSA) is 15.3 Å². The minimum Gasteiger partial charge on any atom is -0.311 e. The normalized spacial score (nSPS) is 32.4. The molecule has 2 nitrogen and oxygen atoms in total. The summed E-state index contributed by atoms with van der Waals surface area (Å²) in [4.78, 5) is 2.82. The molecule has 2 aliphatic rings. The van der Waals surface area contributed by atoms with Gasteiger partial charge in [-0.05, 0) is 38.5 Å². The first-order valence-corrected chi connectivity index (χ1v) is 8.75. The summed E-state index contributed by atoms with van der Waals surface area (Å²) < 4.78 is 0. The van der Waals surface area contributed by atoms with Crippen molar-refractivity contribution in [2.24, 2.45) is 5.92 Å². The Labute approximate surface area is 120 Å². The SMILES string of the molecule is CCCC(CC)N1CC(C2CCCCC2)NCC1C. The molecule has 0 aromatic rings. The van der Waals surface area contributed by atoms with Gasteiger partial charge in [0.05, 0.1) is 0 Å². The third-order valence-electron chi connectivity index (χ3n) is 5.43. The van der Waals surface area contributed by atoms with Gasteiger partial charge in [0, 0.05) is 31.2 Å². The number of rotatable bonds is 5. The monoisotopic (exact) mass is 266 g/mol. The van der Waals surface area contributed by atoms with Gasteiger partial charge in [-0.3, -0.25) is 4.90 Å². The Morgan fingerprint density at radius 3 is 2.53 bits per heavy atom. The van der Waals surface area contributed by atoms with Crippen LogP contribution in [0.3, 0.4) is 0 Å². The van der Waals surface area contributed by atoms with Crippen LogP contribution < -0.4 is 5.32 Å². The minimum atomic E-state index is 0.719. The highest BCUT2D eigenvalue weighted by molar-refractivity contribution is 4.91. The number of nitrogens with zero attached hydrogens (tertiary/aromatic N) is 1. The summed E-state index contributed by atoms with van der Waals surface area (Å²) >= 11 is 0. The Morgan fingerprint density at radius 2 is 1.89 bits per heavy atom. The van der Waals surface area contributed by atoms with Crippen molar-refractivity contribution in [2.75, 3.05) is 13.1 Å². The first-order valence-electron chi connectivity index (χ1n) is 8.75. The Morgan fingerprint density at radius 1 is 1.16 bits per heavy atom. The molecule has 0 amide bonds.